The fourth-order valence-corrected chi connectivity index (χ4v) is 2.33. The third-order valence-corrected chi connectivity index (χ3v) is 3.55. The van der Waals surface area contributed by atoms with Gasteiger partial charge in [-0.25, -0.2) is 9.37 Å². The van der Waals surface area contributed by atoms with Gasteiger partial charge in [0.1, 0.15) is 11.5 Å². The fourth-order valence-electron chi connectivity index (χ4n) is 2.33. The number of carbonyl (C=O) groups is 1. The van der Waals surface area contributed by atoms with E-state index in [4.69, 9.17) is 5.73 Å². The number of nitrogens with zero attached hydrogens (tertiary/aromatic N) is 2. The summed E-state index contributed by atoms with van der Waals surface area (Å²) in [6, 6.07) is 2.85. The van der Waals surface area contributed by atoms with E-state index in [0.29, 0.717) is 24.7 Å². The smallest absolute Gasteiger partial charge is 0.272 e. The molecule has 2 heterocycles. The third kappa shape index (κ3) is 2.67. The van der Waals surface area contributed by atoms with Crippen LogP contribution in [0.3, 0.4) is 0 Å². The highest BCUT2D eigenvalue weighted by Crippen LogP contribution is 2.19. The Labute approximate surface area is 106 Å². The van der Waals surface area contributed by atoms with Gasteiger partial charge in [0.05, 0.1) is 6.20 Å². The van der Waals surface area contributed by atoms with Crippen LogP contribution in [-0.4, -0.2) is 34.9 Å². The highest BCUT2D eigenvalue weighted by atomic mass is 19.1. The monoisotopic (exact) mass is 251 g/mol. The Morgan fingerprint density at radius 3 is 3.00 bits per heavy atom. The van der Waals surface area contributed by atoms with Crippen LogP contribution in [0.15, 0.2) is 18.3 Å². The van der Waals surface area contributed by atoms with Crippen LogP contribution in [0.4, 0.5) is 4.39 Å². The Morgan fingerprint density at radius 2 is 2.39 bits per heavy atom. The number of likely N-dealkylation sites (tertiary alicyclic amines) is 1. The maximum atomic E-state index is 12.8. The first kappa shape index (κ1) is 13.0. The summed E-state index contributed by atoms with van der Waals surface area (Å²) in [5.41, 5.74) is 6.30. The van der Waals surface area contributed by atoms with Crippen LogP contribution < -0.4 is 5.73 Å². The minimum Gasteiger partial charge on any atom is -0.337 e. The second kappa shape index (κ2) is 5.44. The number of nitrogens with two attached hydrogens (primary N) is 1. The number of pyridine rings is 1. The molecule has 0 aromatic carbocycles. The third-order valence-electron chi connectivity index (χ3n) is 3.55. The minimum atomic E-state index is -0.432. The van der Waals surface area contributed by atoms with Crippen LogP contribution in [0.5, 0.6) is 0 Å². The number of hydrogen-bond donors (Lipinski definition) is 1. The molecule has 1 aliphatic rings. The van der Waals surface area contributed by atoms with Gasteiger partial charge in [0.15, 0.2) is 0 Å². The molecule has 0 radical (unpaired) electrons. The number of piperidine rings is 1. The van der Waals surface area contributed by atoms with Crippen LogP contribution in [0.2, 0.25) is 0 Å². The van der Waals surface area contributed by atoms with Crippen LogP contribution in [0.25, 0.3) is 0 Å². The van der Waals surface area contributed by atoms with Crippen molar-refractivity contribution in [2.75, 3.05) is 13.1 Å². The van der Waals surface area contributed by atoms with Crippen LogP contribution >= 0.6 is 0 Å². The second-order valence-electron chi connectivity index (χ2n) is 4.73. The number of rotatable bonds is 2. The van der Waals surface area contributed by atoms with Crippen molar-refractivity contribution in [3.05, 3.63) is 29.8 Å². The van der Waals surface area contributed by atoms with E-state index < -0.39 is 5.82 Å². The van der Waals surface area contributed by atoms with Gasteiger partial charge in [0.2, 0.25) is 0 Å². The number of carbonyl (C=O) groups excluding carboxylic acids is 1. The van der Waals surface area contributed by atoms with E-state index in [1.54, 1.807) is 4.90 Å². The molecule has 1 fully saturated rings. The topological polar surface area (TPSA) is 59.2 Å². The Bertz CT molecular complexity index is 421. The maximum Gasteiger partial charge on any atom is 0.272 e. The molecular weight excluding hydrogens is 233 g/mol. The molecular formula is C13H18FN3O. The van der Waals surface area contributed by atoms with Crippen molar-refractivity contribution in [1.82, 2.24) is 9.88 Å². The van der Waals surface area contributed by atoms with Gasteiger partial charge < -0.3 is 10.6 Å². The van der Waals surface area contributed by atoms with E-state index in [0.717, 1.165) is 19.0 Å². The normalized spacial score (nSPS) is 24.1. The maximum absolute atomic E-state index is 12.8. The summed E-state index contributed by atoms with van der Waals surface area (Å²) >= 11 is 0. The Hall–Kier alpha value is -1.49. The molecule has 0 aliphatic carbocycles. The van der Waals surface area contributed by atoms with Crippen LogP contribution in [0, 0.1) is 11.7 Å². The lowest BCUT2D eigenvalue weighted by atomic mass is 9.90. The van der Waals surface area contributed by atoms with Gasteiger partial charge in [-0.2, -0.15) is 0 Å². The van der Waals surface area contributed by atoms with Crippen molar-refractivity contribution in [1.29, 1.82) is 0 Å². The van der Waals surface area contributed by atoms with E-state index >= 15 is 0 Å². The number of hydrogen-bond acceptors (Lipinski definition) is 3. The predicted octanol–water partition coefficient (Wildman–Crippen LogP) is 1.42. The summed E-state index contributed by atoms with van der Waals surface area (Å²) in [7, 11) is 0. The minimum absolute atomic E-state index is 0.139. The number of amides is 1. The lowest BCUT2D eigenvalue weighted by Crippen LogP contribution is -2.49. The van der Waals surface area contributed by atoms with E-state index in [9.17, 15) is 9.18 Å². The second-order valence-corrected chi connectivity index (χ2v) is 4.73. The van der Waals surface area contributed by atoms with Crippen LogP contribution in [-0.2, 0) is 0 Å². The lowest BCUT2D eigenvalue weighted by Gasteiger charge is -2.36. The Morgan fingerprint density at radius 1 is 1.61 bits per heavy atom. The summed E-state index contributed by atoms with van der Waals surface area (Å²) in [6.07, 6.45) is 2.84. The Kier molecular flexibility index (Phi) is 3.91. The lowest BCUT2D eigenvalue weighted by molar-refractivity contribution is 0.0643. The first-order valence-electron chi connectivity index (χ1n) is 6.28. The van der Waals surface area contributed by atoms with Crippen molar-refractivity contribution < 1.29 is 9.18 Å². The highest BCUT2D eigenvalue weighted by Gasteiger charge is 2.28. The first-order chi connectivity index (χ1) is 8.61. The molecule has 2 atom stereocenters. The van der Waals surface area contributed by atoms with Gasteiger partial charge in [0.25, 0.3) is 5.91 Å². The molecule has 5 heteroatoms. The van der Waals surface area contributed by atoms with Crippen molar-refractivity contribution in [3.8, 4) is 0 Å². The summed E-state index contributed by atoms with van der Waals surface area (Å²) in [5, 5.41) is 0. The molecule has 18 heavy (non-hydrogen) atoms. The molecule has 1 amide bonds. The Balaban J connectivity index is 2.07. The molecule has 4 nitrogen and oxygen atoms in total. The SMILES string of the molecule is CCC1CN(C(=O)c2ccc(F)cn2)CCC1N. The van der Waals surface area contributed by atoms with Crippen molar-refractivity contribution in [3.63, 3.8) is 0 Å². The quantitative estimate of drug-likeness (QED) is 0.864. The van der Waals surface area contributed by atoms with Crippen molar-refractivity contribution in [2.45, 2.75) is 25.8 Å². The molecule has 0 saturated carbocycles. The predicted molar refractivity (Wildman–Crippen MR) is 66.5 cm³/mol. The van der Waals surface area contributed by atoms with Gasteiger partial charge >= 0.3 is 0 Å². The zero-order chi connectivity index (χ0) is 13.1. The van der Waals surface area contributed by atoms with Gasteiger partial charge in [-0.1, -0.05) is 13.3 Å². The zero-order valence-corrected chi connectivity index (χ0v) is 10.5. The molecule has 1 aromatic rings. The summed E-state index contributed by atoms with van der Waals surface area (Å²) in [5.74, 6) is -0.234. The van der Waals surface area contributed by atoms with Crippen molar-refractivity contribution in [2.24, 2.45) is 11.7 Å². The van der Waals surface area contributed by atoms with Crippen LogP contribution in [0.1, 0.15) is 30.3 Å². The van der Waals surface area contributed by atoms with E-state index in [1.807, 2.05) is 0 Å². The molecule has 2 N–H and O–H groups in total. The molecule has 1 aliphatic heterocycles. The van der Waals surface area contributed by atoms with E-state index in [-0.39, 0.29) is 11.9 Å². The van der Waals surface area contributed by atoms with Gasteiger partial charge in [-0.3, -0.25) is 4.79 Å². The molecule has 0 spiro atoms. The molecule has 1 aromatic heterocycles. The molecule has 2 unspecified atom stereocenters. The summed E-state index contributed by atoms with van der Waals surface area (Å²) in [4.78, 5) is 17.8. The summed E-state index contributed by atoms with van der Waals surface area (Å²) in [6.45, 7) is 3.39. The average Bonchev–Trinajstić information content (AvgIpc) is 2.39. The fraction of sp³-hybridized carbons (Fsp3) is 0.538. The zero-order valence-electron chi connectivity index (χ0n) is 10.5. The number of halogens is 1. The van der Waals surface area contributed by atoms with Gasteiger partial charge in [-0.15, -0.1) is 0 Å². The highest BCUT2D eigenvalue weighted by molar-refractivity contribution is 5.92. The van der Waals surface area contributed by atoms with Gasteiger partial charge in [0, 0.05) is 19.1 Å². The van der Waals surface area contributed by atoms with Crippen molar-refractivity contribution >= 4 is 5.91 Å². The largest absolute Gasteiger partial charge is 0.337 e. The molecule has 98 valence electrons. The first-order valence-corrected chi connectivity index (χ1v) is 6.28. The molecule has 0 bridgehead atoms. The number of aromatic nitrogens is 1. The molecule has 1 saturated heterocycles. The average molecular weight is 251 g/mol. The van der Waals surface area contributed by atoms with E-state index in [1.165, 1.54) is 12.1 Å². The summed E-state index contributed by atoms with van der Waals surface area (Å²) < 4.78 is 12.8. The van der Waals surface area contributed by atoms with E-state index in [2.05, 4.69) is 11.9 Å². The standard InChI is InChI=1S/C13H18FN3O/c1-2-9-8-17(6-5-11(9)15)13(18)12-4-3-10(14)7-16-12/h3-4,7,9,11H,2,5-6,8,15H2,1H3. The molecule has 2 rings (SSSR count). The van der Waals surface area contributed by atoms with Gasteiger partial charge in [-0.05, 0) is 24.5 Å².